The van der Waals surface area contributed by atoms with Gasteiger partial charge in [-0.3, -0.25) is 14.4 Å². The second-order valence-corrected chi connectivity index (χ2v) is 13.9. The third-order valence-electron chi connectivity index (χ3n) is 9.59. The molecule has 0 radical (unpaired) electrons. The molecule has 1 saturated heterocycles. The van der Waals surface area contributed by atoms with Gasteiger partial charge < -0.3 is 29.0 Å². The summed E-state index contributed by atoms with van der Waals surface area (Å²) in [6.45, 7) is 9.67. The normalized spacial score (nSPS) is 21.2. The molecule has 9 nitrogen and oxygen atoms in total. The van der Waals surface area contributed by atoms with Gasteiger partial charge in [-0.05, 0) is 23.8 Å². The van der Waals surface area contributed by atoms with Crippen LogP contribution in [0.25, 0.3) is 0 Å². The van der Waals surface area contributed by atoms with Crippen molar-refractivity contribution in [1.29, 1.82) is 0 Å². The van der Waals surface area contributed by atoms with E-state index >= 15 is 0 Å². The summed E-state index contributed by atoms with van der Waals surface area (Å²) in [7, 11) is 0. The molecule has 6 unspecified atom stereocenters. The number of amides is 1. The summed E-state index contributed by atoms with van der Waals surface area (Å²) in [5.41, 5.74) is 0.991. The van der Waals surface area contributed by atoms with Crippen LogP contribution in [0.3, 0.4) is 0 Å². The van der Waals surface area contributed by atoms with E-state index in [0.717, 1.165) is 24.8 Å². The maximum atomic E-state index is 12.7. The predicted octanol–water partition coefficient (Wildman–Crippen LogP) is 8.46. The molecule has 1 heterocycles. The number of unbranched alkanes of at least 4 members (excludes halogenated alkanes) is 14. The van der Waals surface area contributed by atoms with E-state index in [-0.39, 0.29) is 49.5 Å². The highest BCUT2D eigenvalue weighted by molar-refractivity contribution is 5.73. The van der Waals surface area contributed by atoms with Crippen molar-refractivity contribution in [1.82, 2.24) is 5.32 Å². The van der Waals surface area contributed by atoms with Crippen LogP contribution in [-0.4, -0.2) is 62.2 Å². The molecule has 9 heteroatoms. The van der Waals surface area contributed by atoms with Crippen molar-refractivity contribution in [2.45, 2.75) is 168 Å². The molecule has 0 saturated carbocycles. The molecule has 1 fully saturated rings. The lowest BCUT2D eigenvalue weighted by molar-refractivity contribution is -0.253. The zero-order valence-electron chi connectivity index (χ0n) is 31.3. The fourth-order valence-corrected chi connectivity index (χ4v) is 6.30. The third-order valence-corrected chi connectivity index (χ3v) is 9.59. The van der Waals surface area contributed by atoms with E-state index in [9.17, 15) is 14.4 Å². The Morgan fingerprint density at radius 2 is 1.33 bits per heavy atom. The van der Waals surface area contributed by atoms with Crippen molar-refractivity contribution in [3.63, 3.8) is 0 Å². The first-order chi connectivity index (χ1) is 23.7. The topological polar surface area (TPSA) is 109 Å². The molecule has 1 aromatic rings. The van der Waals surface area contributed by atoms with Gasteiger partial charge >= 0.3 is 11.9 Å². The van der Waals surface area contributed by atoms with Gasteiger partial charge in [0.2, 0.25) is 5.91 Å². The highest BCUT2D eigenvalue weighted by Gasteiger charge is 2.43. The summed E-state index contributed by atoms with van der Waals surface area (Å²) >= 11 is 0. The number of carbonyl (C=O) groups is 3. The molecule has 1 aromatic carbocycles. The fraction of sp³-hybridized carbons (Fsp3) is 0.775. The summed E-state index contributed by atoms with van der Waals surface area (Å²) < 4.78 is 29.5. The van der Waals surface area contributed by atoms with Crippen LogP contribution in [0.15, 0.2) is 30.3 Å². The van der Waals surface area contributed by atoms with Gasteiger partial charge in [-0.1, -0.05) is 141 Å². The van der Waals surface area contributed by atoms with Gasteiger partial charge in [0.15, 0.2) is 6.29 Å². The van der Waals surface area contributed by atoms with Crippen LogP contribution in [-0.2, 0) is 44.7 Å². The van der Waals surface area contributed by atoms with E-state index in [1.165, 1.54) is 90.9 Å². The SMILES string of the molecule is CCCCCCCCCCCCCCCCCC(=O)OCC(COC1OC(COC(C)=O)C(C)C(C)C1NC(C)=O)OCc1ccccc1. The average molecular weight is 690 g/mol. The van der Waals surface area contributed by atoms with Crippen molar-refractivity contribution >= 4 is 17.8 Å². The molecule has 0 spiro atoms. The molecule has 1 aliphatic rings. The Kier molecular flexibility index (Phi) is 22.9. The van der Waals surface area contributed by atoms with Gasteiger partial charge in [0.25, 0.3) is 0 Å². The molecule has 49 heavy (non-hydrogen) atoms. The maximum Gasteiger partial charge on any atom is 0.305 e. The highest BCUT2D eigenvalue weighted by atomic mass is 16.7. The van der Waals surface area contributed by atoms with Crippen LogP contribution in [0, 0.1) is 11.8 Å². The average Bonchev–Trinajstić information content (AvgIpc) is 3.08. The van der Waals surface area contributed by atoms with Crippen LogP contribution >= 0.6 is 0 Å². The van der Waals surface area contributed by atoms with Crippen molar-refractivity contribution in [2.24, 2.45) is 11.8 Å². The molecule has 0 aliphatic carbocycles. The van der Waals surface area contributed by atoms with E-state index in [0.29, 0.717) is 13.0 Å². The first-order valence-electron chi connectivity index (χ1n) is 19.2. The standard InChI is InChI=1S/C40H67NO8/c1-6-7-8-9-10-11-12-13-14-15-16-17-18-19-23-26-38(44)47-28-36(46-27-35-24-21-20-22-25-35)29-48-40-39(41-33(4)42)32(3)31(2)37(49-40)30-45-34(5)43/h20-22,24-25,31-32,36-37,39-40H,6-19,23,26-30H2,1-5H3,(H,41,42). The number of benzene rings is 1. The number of esters is 2. The van der Waals surface area contributed by atoms with E-state index < -0.39 is 24.5 Å². The summed E-state index contributed by atoms with van der Waals surface area (Å²) in [6.07, 6.45) is 17.8. The van der Waals surface area contributed by atoms with Gasteiger partial charge in [0.1, 0.15) is 19.3 Å². The molecule has 2 rings (SSSR count). The summed E-state index contributed by atoms with van der Waals surface area (Å²) in [6, 6.07) is 9.37. The van der Waals surface area contributed by atoms with E-state index in [2.05, 4.69) is 12.2 Å². The first kappa shape index (κ1) is 42.7. The van der Waals surface area contributed by atoms with Crippen LogP contribution < -0.4 is 5.32 Å². The van der Waals surface area contributed by atoms with Crippen molar-refractivity contribution in [2.75, 3.05) is 19.8 Å². The lowest BCUT2D eigenvalue weighted by Gasteiger charge is -2.44. The Morgan fingerprint density at radius 3 is 1.88 bits per heavy atom. The van der Waals surface area contributed by atoms with Gasteiger partial charge in [-0.15, -0.1) is 0 Å². The Morgan fingerprint density at radius 1 is 0.755 bits per heavy atom. The lowest BCUT2D eigenvalue weighted by Crippen LogP contribution is -2.58. The minimum atomic E-state index is -0.797. The fourth-order valence-electron chi connectivity index (χ4n) is 6.30. The lowest BCUT2D eigenvalue weighted by atomic mass is 9.82. The molecular formula is C40H67NO8. The molecule has 1 N–H and O–H groups in total. The maximum absolute atomic E-state index is 12.7. The van der Waals surface area contributed by atoms with Gasteiger partial charge in [-0.2, -0.15) is 0 Å². The molecule has 0 bridgehead atoms. The monoisotopic (exact) mass is 689 g/mol. The summed E-state index contributed by atoms with van der Waals surface area (Å²) in [4.78, 5) is 36.2. The van der Waals surface area contributed by atoms with Gasteiger partial charge in [0.05, 0.1) is 25.4 Å². The Labute approximate surface area is 296 Å². The number of carbonyl (C=O) groups excluding carboxylic acids is 3. The smallest absolute Gasteiger partial charge is 0.305 e. The Balaban J connectivity index is 1.76. The zero-order valence-corrected chi connectivity index (χ0v) is 31.3. The largest absolute Gasteiger partial charge is 0.463 e. The Hall–Kier alpha value is -2.49. The Bertz CT molecular complexity index is 1020. The minimum absolute atomic E-state index is 0.00171. The molecule has 6 atom stereocenters. The first-order valence-corrected chi connectivity index (χ1v) is 19.2. The van der Waals surface area contributed by atoms with Crippen molar-refractivity contribution < 1.29 is 38.1 Å². The molecule has 1 aliphatic heterocycles. The van der Waals surface area contributed by atoms with Crippen LogP contribution in [0.2, 0.25) is 0 Å². The molecule has 280 valence electrons. The molecule has 0 aromatic heterocycles. The van der Waals surface area contributed by atoms with E-state index in [4.69, 9.17) is 23.7 Å². The van der Waals surface area contributed by atoms with Gasteiger partial charge in [-0.25, -0.2) is 0 Å². The number of rotatable bonds is 27. The highest BCUT2D eigenvalue weighted by Crippen LogP contribution is 2.32. The summed E-state index contributed by atoms with van der Waals surface area (Å²) in [5, 5.41) is 2.97. The van der Waals surface area contributed by atoms with Crippen molar-refractivity contribution in [3.8, 4) is 0 Å². The number of ether oxygens (including phenoxy) is 5. The minimum Gasteiger partial charge on any atom is -0.463 e. The van der Waals surface area contributed by atoms with Crippen LogP contribution in [0.4, 0.5) is 0 Å². The number of nitrogens with one attached hydrogen (secondary N) is 1. The molecular weight excluding hydrogens is 622 g/mol. The second kappa shape index (κ2) is 26.3. The number of hydrogen-bond donors (Lipinski definition) is 1. The number of hydrogen-bond acceptors (Lipinski definition) is 8. The third kappa shape index (κ3) is 19.5. The van der Waals surface area contributed by atoms with E-state index in [1.54, 1.807) is 0 Å². The predicted molar refractivity (Wildman–Crippen MR) is 193 cm³/mol. The summed E-state index contributed by atoms with van der Waals surface area (Å²) in [5.74, 6) is -0.826. The second-order valence-electron chi connectivity index (χ2n) is 13.9. The van der Waals surface area contributed by atoms with Crippen LogP contribution in [0.5, 0.6) is 0 Å². The zero-order chi connectivity index (χ0) is 35.7. The molecule has 1 amide bonds. The van der Waals surface area contributed by atoms with Crippen molar-refractivity contribution in [3.05, 3.63) is 35.9 Å². The van der Waals surface area contributed by atoms with E-state index in [1.807, 2.05) is 44.2 Å². The van der Waals surface area contributed by atoms with Gasteiger partial charge in [0, 0.05) is 20.3 Å². The van der Waals surface area contributed by atoms with Crippen LogP contribution in [0.1, 0.15) is 143 Å². The quantitative estimate of drug-likeness (QED) is 0.0724.